The Hall–Kier alpha value is -3.18. The Bertz CT molecular complexity index is 1150. The van der Waals surface area contributed by atoms with Gasteiger partial charge in [0.1, 0.15) is 10.6 Å². The van der Waals surface area contributed by atoms with Crippen LogP contribution in [0.25, 0.3) is 10.1 Å². The van der Waals surface area contributed by atoms with Crippen LogP contribution in [0.3, 0.4) is 0 Å². The van der Waals surface area contributed by atoms with E-state index in [0.29, 0.717) is 19.9 Å². The maximum atomic E-state index is 15.0. The number of amides is 1. The Labute approximate surface area is 165 Å². The molecule has 2 aromatic heterocycles. The summed E-state index contributed by atoms with van der Waals surface area (Å²) < 4.78 is 20.7. The molecular formula is C17H12FN5O3S2. The molecule has 0 radical (unpaired) electrons. The number of tetrazole rings is 1. The van der Waals surface area contributed by atoms with Crippen LogP contribution in [0.5, 0.6) is 11.5 Å². The van der Waals surface area contributed by atoms with E-state index in [9.17, 15) is 9.90 Å². The van der Waals surface area contributed by atoms with Gasteiger partial charge >= 0.3 is 0 Å². The summed E-state index contributed by atoms with van der Waals surface area (Å²) in [6.45, 7) is 0. The molecule has 4 rings (SSSR count). The van der Waals surface area contributed by atoms with Gasteiger partial charge in [-0.2, -0.15) is 5.21 Å². The van der Waals surface area contributed by atoms with Gasteiger partial charge in [0.2, 0.25) is 0 Å². The van der Waals surface area contributed by atoms with Crippen molar-refractivity contribution in [2.45, 2.75) is 9.79 Å². The number of thiophene rings is 1. The van der Waals surface area contributed by atoms with E-state index in [1.54, 1.807) is 18.2 Å². The van der Waals surface area contributed by atoms with Crippen LogP contribution in [-0.2, 0) is 0 Å². The molecular weight excluding hydrogens is 405 g/mol. The number of aromatic hydroxyl groups is 1. The number of aromatic amines is 1. The van der Waals surface area contributed by atoms with E-state index in [1.807, 2.05) is 0 Å². The fourth-order valence-electron chi connectivity index (χ4n) is 2.52. The predicted octanol–water partition coefficient (Wildman–Crippen LogP) is 3.67. The zero-order valence-corrected chi connectivity index (χ0v) is 15.9. The minimum absolute atomic E-state index is 0.0149. The minimum Gasteiger partial charge on any atom is -0.508 e. The molecule has 0 unspecified atom stereocenters. The van der Waals surface area contributed by atoms with E-state index < -0.39 is 11.7 Å². The summed E-state index contributed by atoms with van der Waals surface area (Å²) in [5.74, 6) is -0.815. The maximum absolute atomic E-state index is 15.0. The van der Waals surface area contributed by atoms with Gasteiger partial charge in [0.05, 0.1) is 7.11 Å². The van der Waals surface area contributed by atoms with Crippen LogP contribution in [0, 0.1) is 5.82 Å². The van der Waals surface area contributed by atoms with Gasteiger partial charge in [0.25, 0.3) is 11.9 Å². The summed E-state index contributed by atoms with van der Waals surface area (Å²) in [6, 6.07) is 9.63. The van der Waals surface area contributed by atoms with Gasteiger partial charge < -0.3 is 9.84 Å². The van der Waals surface area contributed by atoms with Crippen molar-refractivity contribution >= 4 is 45.0 Å². The van der Waals surface area contributed by atoms with Crippen molar-refractivity contribution in [1.82, 2.24) is 20.6 Å². The van der Waals surface area contributed by atoms with E-state index in [2.05, 4.69) is 25.9 Å². The average molecular weight is 417 g/mol. The molecule has 0 saturated carbocycles. The van der Waals surface area contributed by atoms with Gasteiger partial charge in [-0.3, -0.25) is 10.1 Å². The molecule has 2 aromatic carbocycles. The number of carbonyl (C=O) groups excluding carboxylic acids is 1. The molecule has 0 atom stereocenters. The van der Waals surface area contributed by atoms with Gasteiger partial charge in [-0.1, -0.05) is 16.9 Å². The molecule has 0 spiro atoms. The van der Waals surface area contributed by atoms with Crippen molar-refractivity contribution in [2.24, 2.45) is 0 Å². The first-order valence-corrected chi connectivity index (χ1v) is 9.51. The van der Waals surface area contributed by atoms with Crippen LogP contribution in [-0.4, -0.2) is 38.7 Å². The van der Waals surface area contributed by atoms with Gasteiger partial charge in [0.15, 0.2) is 11.6 Å². The van der Waals surface area contributed by atoms with Crippen LogP contribution in [0.15, 0.2) is 46.2 Å². The van der Waals surface area contributed by atoms with Crippen molar-refractivity contribution in [1.29, 1.82) is 0 Å². The Morgan fingerprint density at radius 2 is 2.07 bits per heavy atom. The van der Waals surface area contributed by atoms with Gasteiger partial charge in [-0.15, -0.1) is 16.4 Å². The second-order valence-corrected chi connectivity index (χ2v) is 7.64. The normalized spacial score (nSPS) is 10.9. The first-order valence-electron chi connectivity index (χ1n) is 7.87. The molecule has 3 N–H and O–H groups in total. The zero-order valence-electron chi connectivity index (χ0n) is 14.3. The van der Waals surface area contributed by atoms with Crippen molar-refractivity contribution in [3.63, 3.8) is 0 Å². The fraction of sp³-hybridized carbons (Fsp3) is 0.0588. The second kappa shape index (κ2) is 7.44. The molecule has 28 heavy (non-hydrogen) atoms. The number of carbonyl (C=O) groups is 1. The molecule has 0 aliphatic rings. The van der Waals surface area contributed by atoms with E-state index in [-0.39, 0.29) is 17.4 Å². The largest absolute Gasteiger partial charge is 0.508 e. The SMILES string of the molecule is COc1ccc2sc(C(=O)Nc3nn[nH]n3)c(Sc3ccc(O)cc3)c2c1F. The van der Waals surface area contributed by atoms with E-state index in [1.165, 1.54) is 37.1 Å². The van der Waals surface area contributed by atoms with Gasteiger partial charge in [0, 0.05) is 19.9 Å². The number of methoxy groups -OCH3 is 1. The lowest BCUT2D eigenvalue weighted by Crippen LogP contribution is -2.12. The number of phenols is 1. The average Bonchev–Trinajstić information content (AvgIpc) is 3.32. The number of rotatable bonds is 5. The number of ether oxygens (including phenoxy) is 1. The number of phenolic OH excluding ortho intramolecular Hbond substituents is 1. The quantitative estimate of drug-likeness (QED) is 0.454. The van der Waals surface area contributed by atoms with Gasteiger partial charge in [-0.25, -0.2) is 4.39 Å². The van der Waals surface area contributed by atoms with Crippen LogP contribution < -0.4 is 10.1 Å². The summed E-state index contributed by atoms with van der Waals surface area (Å²) in [5, 5.41) is 25.4. The van der Waals surface area contributed by atoms with Crippen LogP contribution in [0.1, 0.15) is 9.67 Å². The number of hydrogen-bond donors (Lipinski definition) is 3. The van der Waals surface area contributed by atoms with E-state index in [0.717, 1.165) is 16.2 Å². The summed E-state index contributed by atoms with van der Waals surface area (Å²) in [4.78, 5) is 14.2. The van der Waals surface area contributed by atoms with E-state index in [4.69, 9.17) is 4.74 Å². The number of aromatic nitrogens is 4. The number of fused-ring (bicyclic) bond motifs is 1. The fourth-order valence-corrected chi connectivity index (χ4v) is 4.81. The minimum atomic E-state index is -0.545. The Balaban J connectivity index is 1.84. The van der Waals surface area contributed by atoms with Crippen molar-refractivity contribution in [3.05, 3.63) is 47.1 Å². The molecule has 0 bridgehead atoms. The molecule has 1 amide bonds. The maximum Gasteiger partial charge on any atom is 0.270 e. The molecule has 2 heterocycles. The topological polar surface area (TPSA) is 113 Å². The number of benzene rings is 2. The lowest BCUT2D eigenvalue weighted by Gasteiger charge is -2.07. The molecule has 0 fully saturated rings. The molecule has 0 saturated heterocycles. The number of halogens is 1. The highest BCUT2D eigenvalue weighted by molar-refractivity contribution is 7.99. The highest BCUT2D eigenvalue weighted by atomic mass is 32.2. The van der Waals surface area contributed by atoms with E-state index >= 15 is 4.39 Å². The number of anilines is 1. The third-order valence-electron chi connectivity index (χ3n) is 3.77. The van der Waals surface area contributed by atoms with Crippen LogP contribution in [0.4, 0.5) is 10.3 Å². The Morgan fingerprint density at radius 1 is 1.29 bits per heavy atom. The number of H-pyrrole nitrogens is 1. The summed E-state index contributed by atoms with van der Waals surface area (Å²) >= 11 is 2.36. The third-order valence-corrected chi connectivity index (χ3v) is 6.17. The molecule has 0 aliphatic heterocycles. The molecule has 4 aromatic rings. The zero-order chi connectivity index (χ0) is 19.7. The van der Waals surface area contributed by atoms with Gasteiger partial charge in [-0.05, 0) is 41.6 Å². The summed E-state index contributed by atoms with van der Waals surface area (Å²) in [6.07, 6.45) is 0. The van der Waals surface area contributed by atoms with Crippen LogP contribution in [0.2, 0.25) is 0 Å². The monoisotopic (exact) mass is 417 g/mol. The summed E-state index contributed by atoms with van der Waals surface area (Å²) in [5.41, 5.74) is 0. The van der Waals surface area contributed by atoms with Crippen molar-refractivity contribution in [3.8, 4) is 11.5 Å². The Kier molecular flexibility index (Phi) is 4.84. The smallest absolute Gasteiger partial charge is 0.270 e. The first-order chi connectivity index (χ1) is 13.6. The van der Waals surface area contributed by atoms with Crippen molar-refractivity contribution in [2.75, 3.05) is 12.4 Å². The molecule has 8 nitrogen and oxygen atoms in total. The highest BCUT2D eigenvalue weighted by Crippen LogP contribution is 2.44. The standard InChI is InChI=1S/C17H12FN5O3S2/c1-26-10-6-7-11-12(13(10)18)14(27-9-4-2-8(24)3-5-9)15(28-11)16(25)19-17-20-22-23-21-17/h2-7,24H,1H3,(H2,19,20,21,22,23,25). The lowest BCUT2D eigenvalue weighted by molar-refractivity contribution is 0.102. The Morgan fingerprint density at radius 3 is 2.75 bits per heavy atom. The number of nitrogens with zero attached hydrogens (tertiary/aromatic N) is 3. The molecule has 0 aliphatic carbocycles. The highest BCUT2D eigenvalue weighted by Gasteiger charge is 2.24. The summed E-state index contributed by atoms with van der Waals surface area (Å²) in [7, 11) is 1.38. The second-order valence-electron chi connectivity index (χ2n) is 5.50. The molecule has 142 valence electrons. The first kappa shape index (κ1) is 18.2. The predicted molar refractivity (Wildman–Crippen MR) is 103 cm³/mol. The number of hydrogen-bond acceptors (Lipinski definition) is 8. The lowest BCUT2D eigenvalue weighted by atomic mass is 10.2. The van der Waals surface area contributed by atoms with Crippen LogP contribution >= 0.6 is 23.1 Å². The number of nitrogens with one attached hydrogen (secondary N) is 2. The third kappa shape index (κ3) is 3.37. The molecule has 11 heteroatoms. The van der Waals surface area contributed by atoms with Crippen molar-refractivity contribution < 1.29 is 19.0 Å².